The number of para-hydroxylation sites is 1. The van der Waals surface area contributed by atoms with Gasteiger partial charge in [-0.15, -0.1) is 5.10 Å². The van der Waals surface area contributed by atoms with Crippen molar-refractivity contribution in [3.05, 3.63) is 40.6 Å². The van der Waals surface area contributed by atoms with Gasteiger partial charge in [-0.25, -0.2) is 14.6 Å². The minimum absolute atomic E-state index is 0.273. The molecule has 0 saturated carbocycles. The number of aromatic nitrogens is 4. The summed E-state index contributed by atoms with van der Waals surface area (Å²) in [6.45, 7) is 2.51. The molecule has 0 aliphatic rings. The molecule has 0 atom stereocenters. The van der Waals surface area contributed by atoms with E-state index >= 15 is 0 Å². The molecule has 1 N–H and O–H groups in total. The summed E-state index contributed by atoms with van der Waals surface area (Å²) in [6.07, 6.45) is 0.788. The highest BCUT2D eigenvalue weighted by Crippen LogP contribution is 2.17. The maximum Gasteiger partial charge on any atom is 0.375 e. The Morgan fingerprint density at radius 3 is 2.80 bits per heavy atom. The van der Waals surface area contributed by atoms with Gasteiger partial charge in [0.05, 0.1) is 5.52 Å². The fourth-order valence-electron chi connectivity index (χ4n) is 2.27. The van der Waals surface area contributed by atoms with Gasteiger partial charge in [-0.2, -0.15) is 4.52 Å². The SMILES string of the molecule is CCCn1c(=O)n2nc(C(=O)O)nc2c2ccccc21. The van der Waals surface area contributed by atoms with Crippen LogP contribution in [0.3, 0.4) is 0 Å². The molecule has 0 aliphatic heterocycles. The van der Waals surface area contributed by atoms with E-state index in [4.69, 9.17) is 5.11 Å². The zero-order chi connectivity index (χ0) is 14.3. The predicted octanol–water partition coefficient (Wildman–Crippen LogP) is 1.15. The van der Waals surface area contributed by atoms with Crippen molar-refractivity contribution in [2.75, 3.05) is 0 Å². The summed E-state index contributed by atoms with van der Waals surface area (Å²) in [5, 5.41) is 13.5. The van der Waals surface area contributed by atoms with Gasteiger partial charge in [0, 0.05) is 11.9 Å². The van der Waals surface area contributed by atoms with Crippen LogP contribution in [0.25, 0.3) is 16.6 Å². The monoisotopic (exact) mass is 272 g/mol. The van der Waals surface area contributed by atoms with E-state index in [9.17, 15) is 9.59 Å². The van der Waals surface area contributed by atoms with E-state index in [2.05, 4.69) is 10.1 Å². The third kappa shape index (κ3) is 1.67. The Morgan fingerprint density at radius 1 is 1.35 bits per heavy atom. The molecule has 20 heavy (non-hydrogen) atoms. The van der Waals surface area contributed by atoms with Crippen LogP contribution in [0.2, 0.25) is 0 Å². The first-order chi connectivity index (χ1) is 9.63. The second-order valence-corrected chi connectivity index (χ2v) is 4.43. The maximum absolute atomic E-state index is 12.4. The Labute approximate surface area is 113 Å². The Balaban J connectivity index is 2.51. The van der Waals surface area contributed by atoms with Gasteiger partial charge in [0.25, 0.3) is 5.82 Å². The highest BCUT2D eigenvalue weighted by molar-refractivity contribution is 5.93. The van der Waals surface area contributed by atoms with E-state index in [1.807, 2.05) is 25.1 Å². The van der Waals surface area contributed by atoms with Crippen LogP contribution in [0.15, 0.2) is 29.1 Å². The quantitative estimate of drug-likeness (QED) is 0.772. The molecule has 2 heterocycles. The van der Waals surface area contributed by atoms with Gasteiger partial charge in [-0.05, 0) is 18.6 Å². The Bertz CT molecular complexity index is 878. The van der Waals surface area contributed by atoms with Crippen molar-refractivity contribution in [3.63, 3.8) is 0 Å². The lowest BCUT2D eigenvalue weighted by molar-refractivity contribution is 0.0684. The average molecular weight is 272 g/mol. The Morgan fingerprint density at radius 2 is 2.10 bits per heavy atom. The Kier molecular flexibility index (Phi) is 2.74. The van der Waals surface area contributed by atoms with Crippen molar-refractivity contribution in [1.29, 1.82) is 0 Å². The van der Waals surface area contributed by atoms with E-state index in [-0.39, 0.29) is 17.2 Å². The van der Waals surface area contributed by atoms with Gasteiger partial charge in [-0.3, -0.25) is 4.57 Å². The largest absolute Gasteiger partial charge is 0.475 e. The smallest absolute Gasteiger partial charge is 0.375 e. The van der Waals surface area contributed by atoms with Gasteiger partial charge in [0.15, 0.2) is 5.65 Å². The summed E-state index contributed by atoms with van der Waals surface area (Å²) in [5.74, 6) is -1.62. The summed E-state index contributed by atoms with van der Waals surface area (Å²) in [4.78, 5) is 27.3. The maximum atomic E-state index is 12.4. The van der Waals surface area contributed by atoms with Gasteiger partial charge >= 0.3 is 11.7 Å². The highest BCUT2D eigenvalue weighted by atomic mass is 16.4. The van der Waals surface area contributed by atoms with Crippen LogP contribution in [0, 0.1) is 0 Å². The number of aromatic carboxylic acids is 1. The van der Waals surface area contributed by atoms with E-state index in [1.165, 1.54) is 0 Å². The first kappa shape index (κ1) is 12.3. The third-order valence-corrected chi connectivity index (χ3v) is 3.09. The van der Waals surface area contributed by atoms with Crippen molar-refractivity contribution < 1.29 is 9.90 Å². The van der Waals surface area contributed by atoms with Crippen molar-refractivity contribution in [2.24, 2.45) is 0 Å². The van der Waals surface area contributed by atoms with Crippen molar-refractivity contribution >= 4 is 22.5 Å². The van der Waals surface area contributed by atoms with Crippen LogP contribution in [0.5, 0.6) is 0 Å². The van der Waals surface area contributed by atoms with Crippen LogP contribution in [0.4, 0.5) is 0 Å². The summed E-state index contributed by atoms with van der Waals surface area (Å²) < 4.78 is 2.64. The fourth-order valence-corrected chi connectivity index (χ4v) is 2.27. The lowest BCUT2D eigenvalue weighted by Gasteiger charge is -2.09. The number of benzene rings is 1. The minimum atomic E-state index is -1.25. The molecule has 3 aromatic rings. The first-order valence-electron chi connectivity index (χ1n) is 6.25. The highest BCUT2D eigenvalue weighted by Gasteiger charge is 2.17. The van der Waals surface area contributed by atoms with Crippen LogP contribution < -0.4 is 5.69 Å². The second kappa shape index (κ2) is 4.44. The fraction of sp³-hybridized carbons (Fsp3) is 0.231. The lowest BCUT2D eigenvalue weighted by atomic mass is 10.2. The van der Waals surface area contributed by atoms with Gasteiger partial charge in [0.2, 0.25) is 0 Å². The number of hydrogen-bond acceptors (Lipinski definition) is 4. The predicted molar refractivity (Wildman–Crippen MR) is 72.0 cm³/mol. The number of aryl methyl sites for hydroxylation is 1. The number of carbonyl (C=O) groups is 1. The number of fused-ring (bicyclic) bond motifs is 3. The molecule has 2 aromatic heterocycles. The second-order valence-electron chi connectivity index (χ2n) is 4.43. The molecule has 102 valence electrons. The minimum Gasteiger partial charge on any atom is -0.475 e. The topological polar surface area (TPSA) is 89.5 Å². The molecule has 0 aliphatic carbocycles. The number of nitrogens with zero attached hydrogens (tertiary/aromatic N) is 4. The molecule has 7 nitrogen and oxygen atoms in total. The normalized spacial score (nSPS) is 11.2. The number of carboxylic acids is 1. The molecule has 0 unspecified atom stereocenters. The van der Waals surface area contributed by atoms with E-state index in [1.54, 1.807) is 10.6 Å². The molecule has 0 amide bonds. The summed E-state index contributed by atoms with van der Waals surface area (Å²) >= 11 is 0. The van der Waals surface area contributed by atoms with Crippen molar-refractivity contribution in [3.8, 4) is 0 Å². The third-order valence-electron chi connectivity index (χ3n) is 3.09. The van der Waals surface area contributed by atoms with Crippen LogP contribution >= 0.6 is 0 Å². The molecule has 0 spiro atoms. The molecule has 0 bridgehead atoms. The van der Waals surface area contributed by atoms with E-state index in [0.717, 1.165) is 16.5 Å². The standard InChI is InChI=1S/C13H12N4O3/c1-2-7-16-9-6-4-3-5-8(9)11-14-10(12(18)19)15-17(11)13(16)20/h3-6H,2,7H2,1H3,(H,18,19). The van der Waals surface area contributed by atoms with Crippen molar-refractivity contribution in [1.82, 2.24) is 19.2 Å². The number of carboxylic acid groups (broad SMARTS) is 1. The zero-order valence-electron chi connectivity index (χ0n) is 10.8. The zero-order valence-corrected chi connectivity index (χ0v) is 10.8. The molecule has 7 heteroatoms. The number of rotatable bonds is 3. The lowest BCUT2D eigenvalue weighted by Crippen LogP contribution is -2.28. The Hall–Kier alpha value is -2.70. The molecular formula is C13H12N4O3. The molecular weight excluding hydrogens is 260 g/mol. The molecule has 0 radical (unpaired) electrons. The van der Waals surface area contributed by atoms with Gasteiger partial charge in [-0.1, -0.05) is 19.1 Å². The van der Waals surface area contributed by atoms with Crippen molar-refractivity contribution in [2.45, 2.75) is 19.9 Å². The van der Waals surface area contributed by atoms with Crippen LogP contribution in [-0.4, -0.2) is 30.2 Å². The van der Waals surface area contributed by atoms with Crippen LogP contribution in [0.1, 0.15) is 24.0 Å². The molecule has 3 rings (SSSR count). The summed E-state index contributed by atoms with van der Waals surface area (Å²) in [5.41, 5.74) is 0.632. The first-order valence-corrected chi connectivity index (χ1v) is 6.25. The van der Waals surface area contributed by atoms with Gasteiger partial charge < -0.3 is 5.11 Å². The van der Waals surface area contributed by atoms with E-state index in [0.29, 0.717) is 11.9 Å². The molecule has 1 aromatic carbocycles. The van der Waals surface area contributed by atoms with Crippen LogP contribution in [-0.2, 0) is 6.54 Å². The average Bonchev–Trinajstić information content (AvgIpc) is 2.89. The van der Waals surface area contributed by atoms with E-state index < -0.39 is 5.97 Å². The number of hydrogen-bond donors (Lipinski definition) is 1. The summed E-state index contributed by atoms with van der Waals surface area (Å²) in [6, 6.07) is 7.27. The van der Waals surface area contributed by atoms with Gasteiger partial charge in [0.1, 0.15) is 0 Å². The molecule has 0 fully saturated rings. The molecule has 0 saturated heterocycles. The summed E-state index contributed by atoms with van der Waals surface area (Å²) in [7, 11) is 0.